The molecule has 0 unspecified atom stereocenters. The summed E-state index contributed by atoms with van der Waals surface area (Å²) in [7, 11) is 0. The second-order valence-corrected chi connectivity index (χ2v) is 4.38. The molecule has 0 heterocycles. The minimum atomic E-state index is -0.397. The molecule has 0 saturated carbocycles. The molecule has 0 fully saturated rings. The summed E-state index contributed by atoms with van der Waals surface area (Å²) in [4.78, 5) is 23.4. The lowest BCUT2D eigenvalue weighted by Gasteiger charge is -2.06. The van der Waals surface area contributed by atoms with Gasteiger partial charge in [0, 0.05) is 0 Å². The smallest absolute Gasteiger partial charge is 0.338 e. The summed E-state index contributed by atoms with van der Waals surface area (Å²) in [5.74, 6) is -0.750. The maximum atomic E-state index is 11.8. The highest BCUT2D eigenvalue weighted by Gasteiger charge is 2.10. The number of benzene rings is 2. The molecule has 0 aliphatic rings. The van der Waals surface area contributed by atoms with Gasteiger partial charge in [0.15, 0.2) is 0 Å². The lowest BCUT2D eigenvalue weighted by Crippen LogP contribution is -2.05. The van der Waals surface area contributed by atoms with E-state index in [9.17, 15) is 9.59 Å². The number of rotatable bonds is 5. The average molecular weight is 284 g/mol. The largest absolute Gasteiger partial charge is 0.462 e. The van der Waals surface area contributed by atoms with Crippen LogP contribution in [0.2, 0.25) is 0 Å². The lowest BCUT2D eigenvalue weighted by atomic mass is 10.0. The first kappa shape index (κ1) is 14.8. The van der Waals surface area contributed by atoms with Crippen LogP contribution in [0.5, 0.6) is 0 Å². The molecule has 0 N–H and O–H groups in total. The molecule has 0 aromatic heterocycles. The molecule has 21 heavy (non-hydrogen) atoms. The number of carbonyl (C=O) groups excluding carboxylic acids is 2. The summed E-state index contributed by atoms with van der Waals surface area (Å²) >= 11 is 0. The number of hydrogen-bond acceptors (Lipinski definition) is 4. The second-order valence-electron chi connectivity index (χ2n) is 4.38. The van der Waals surface area contributed by atoms with Crippen LogP contribution in [0, 0.1) is 0 Å². The predicted octanol–water partition coefficient (Wildman–Crippen LogP) is 3.36. The molecular weight excluding hydrogens is 268 g/mol. The molecule has 0 aliphatic heterocycles. The Morgan fingerprint density at radius 1 is 1.00 bits per heavy atom. The molecule has 2 aromatic rings. The monoisotopic (exact) mass is 284 g/mol. The van der Waals surface area contributed by atoms with Crippen molar-refractivity contribution in [1.29, 1.82) is 0 Å². The highest BCUT2D eigenvalue weighted by Crippen LogP contribution is 2.19. The molecule has 108 valence electrons. The van der Waals surface area contributed by atoms with Crippen molar-refractivity contribution in [3.05, 3.63) is 60.2 Å². The molecule has 4 nitrogen and oxygen atoms in total. The van der Waals surface area contributed by atoms with Crippen molar-refractivity contribution in [2.45, 2.75) is 6.92 Å². The Morgan fingerprint density at radius 2 is 1.52 bits per heavy atom. The van der Waals surface area contributed by atoms with Crippen LogP contribution < -0.4 is 0 Å². The topological polar surface area (TPSA) is 52.6 Å². The normalized spacial score (nSPS) is 10.1. The van der Waals surface area contributed by atoms with Crippen molar-refractivity contribution >= 4 is 22.7 Å². The quantitative estimate of drug-likeness (QED) is 0.624. The Hall–Kier alpha value is -2.62. The van der Waals surface area contributed by atoms with Crippen LogP contribution in [0.1, 0.15) is 27.6 Å². The van der Waals surface area contributed by atoms with Crippen molar-refractivity contribution in [2.75, 3.05) is 13.2 Å². The van der Waals surface area contributed by atoms with Crippen molar-refractivity contribution in [2.24, 2.45) is 0 Å². The Morgan fingerprint density at radius 3 is 2.00 bits per heavy atom. The van der Waals surface area contributed by atoms with Gasteiger partial charge in [-0.05, 0) is 42.0 Å². The first-order valence-corrected chi connectivity index (χ1v) is 6.64. The van der Waals surface area contributed by atoms with E-state index < -0.39 is 5.97 Å². The lowest BCUT2D eigenvalue weighted by molar-refractivity contribution is 0.0523. The molecule has 0 amide bonds. The van der Waals surface area contributed by atoms with Crippen LogP contribution in [-0.2, 0) is 9.47 Å². The van der Waals surface area contributed by atoms with Gasteiger partial charge in [-0.25, -0.2) is 9.59 Å². The van der Waals surface area contributed by atoms with E-state index in [1.165, 1.54) is 6.08 Å². The average Bonchev–Trinajstić information content (AvgIpc) is 2.51. The fraction of sp³-hybridized carbons (Fsp3) is 0.176. The zero-order valence-electron chi connectivity index (χ0n) is 11.8. The van der Waals surface area contributed by atoms with E-state index in [4.69, 9.17) is 9.47 Å². The number of hydrogen-bond donors (Lipinski definition) is 0. The molecule has 0 spiro atoms. The number of carbonyl (C=O) groups is 2. The van der Waals surface area contributed by atoms with E-state index in [2.05, 4.69) is 6.58 Å². The number of esters is 2. The van der Waals surface area contributed by atoms with Crippen LogP contribution in [0.3, 0.4) is 0 Å². The van der Waals surface area contributed by atoms with Crippen LogP contribution in [0.4, 0.5) is 0 Å². The third-order valence-electron chi connectivity index (χ3n) is 2.92. The molecule has 0 atom stereocenters. The predicted molar refractivity (Wildman–Crippen MR) is 80.4 cm³/mol. The van der Waals surface area contributed by atoms with Crippen LogP contribution >= 0.6 is 0 Å². The van der Waals surface area contributed by atoms with E-state index >= 15 is 0 Å². The molecule has 0 radical (unpaired) electrons. The zero-order valence-corrected chi connectivity index (χ0v) is 11.8. The fourth-order valence-electron chi connectivity index (χ4n) is 1.93. The van der Waals surface area contributed by atoms with Crippen molar-refractivity contribution in [3.63, 3.8) is 0 Å². The van der Waals surface area contributed by atoms with Crippen molar-refractivity contribution in [3.8, 4) is 0 Å². The maximum absolute atomic E-state index is 11.8. The van der Waals surface area contributed by atoms with Crippen LogP contribution in [0.15, 0.2) is 49.1 Å². The molecule has 2 aromatic carbocycles. The summed E-state index contributed by atoms with van der Waals surface area (Å²) < 4.78 is 9.95. The number of ether oxygens (including phenoxy) is 2. The Bertz CT molecular complexity index is 688. The molecule has 2 rings (SSSR count). The summed E-state index contributed by atoms with van der Waals surface area (Å²) in [5.41, 5.74) is 0.958. The Kier molecular flexibility index (Phi) is 4.72. The van der Waals surface area contributed by atoms with Gasteiger partial charge in [-0.3, -0.25) is 0 Å². The summed E-state index contributed by atoms with van der Waals surface area (Å²) in [5, 5.41) is 1.72. The van der Waals surface area contributed by atoms with Gasteiger partial charge in [-0.15, -0.1) is 0 Å². The van der Waals surface area contributed by atoms with E-state index in [0.29, 0.717) is 17.7 Å². The van der Waals surface area contributed by atoms with E-state index in [-0.39, 0.29) is 12.6 Å². The summed E-state index contributed by atoms with van der Waals surface area (Å²) in [6.45, 7) is 5.78. The van der Waals surface area contributed by atoms with Crippen LogP contribution in [0.25, 0.3) is 10.8 Å². The highest BCUT2D eigenvalue weighted by molar-refractivity contribution is 5.99. The molecule has 0 bridgehead atoms. The van der Waals surface area contributed by atoms with Gasteiger partial charge in [-0.2, -0.15) is 0 Å². The first-order valence-electron chi connectivity index (χ1n) is 6.64. The Labute approximate surface area is 123 Å². The van der Waals surface area contributed by atoms with Gasteiger partial charge in [0.05, 0.1) is 17.7 Å². The van der Waals surface area contributed by atoms with Gasteiger partial charge in [-0.1, -0.05) is 24.8 Å². The highest BCUT2D eigenvalue weighted by atomic mass is 16.5. The summed E-state index contributed by atoms with van der Waals surface area (Å²) in [6, 6.07) is 10.4. The van der Waals surface area contributed by atoms with Gasteiger partial charge >= 0.3 is 11.9 Å². The first-order chi connectivity index (χ1) is 10.2. The maximum Gasteiger partial charge on any atom is 0.338 e. The minimum Gasteiger partial charge on any atom is -0.462 e. The third-order valence-corrected chi connectivity index (χ3v) is 2.92. The van der Waals surface area contributed by atoms with E-state index in [1.54, 1.807) is 43.3 Å². The fourth-order valence-corrected chi connectivity index (χ4v) is 1.93. The van der Waals surface area contributed by atoms with E-state index in [0.717, 1.165) is 10.8 Å². The molecule has 4 heteroatoms. The van der Waals surface area contributed by atoms with E-state index in [1.807, 2.05) is 0 Å². The SMILES string of the molecule is C=CCOC(=O)c1ccc2cc(C(=O)OCC)ccc2c1. The van der Waals surface area contributed by atoms with Gasteiger partial charge in [0.25, 0.3) is 0 Å². The van der Waals surface area contributed by atoms with Crippen molar-refractivity contribution in [1.82, 2.24) is 0 Å². The second kappa shape index (κ2) is 6.70. The van der Waals surface area contributed by atoms with Gasteiger partial charge < -0.3 is 9.47 Å². The number of fused-ring (bicyclic) bond motifs is 1. The Balaban J connectivity index is 2.29. The standard InChI is InChI=1S/C17H16O4/c1-3-9-21-17(19)15-8-6-12-10-14(16(18)20-4-2)7-5-13(12)11-15/h3,5-8,10-11H,1,4,9H2,2H3. The molecule has 0 aliphatic carbocycles. The molecule has 0 saturated heterocycles. The van der Waals surface area contributed by atoms with Crippen molar-refractivity contribution < 1.29 is 19.1 Å². The van der Waals surface area contributed by atoms with Gasteiger partial charge in [0.1, 0.15) is 6.61 Å². The minimum absolute atomic E-state index is 0.179. The summed E-state index contributed by atoms with van der Waals surface area (Å²) in [6.07, 6.45) is 1.52. The van der Waals surface area contributed by atoms with Gasteiger partial charge in [0.2, 0.25) is 0 Å². The van der Waals surface area contributed by atoms with Crippen LogP contribution in [-0.4, -0.2) is 25.2 Å². The zero-order chi connectivity index (χ0) is 15.2. The third kappa shape index (κ3) is 3.48. The molecular formula is C17H16O4.